The summed E-state index contributed by atoms with van der Waals surface area (Å²) in [7, 11) is -1.13. The van der Waals surface area contributed by atoms with E-state index in [0.717, 1.165) is 29.9 Å². The molecule has 4 heterocycles. The molecule has 1 fully saturated rings. The number of hydrogen-bond acceptors (Lipinski definition) is 8. The van der Waals surface area contributed by atoms with Crippen molar-refractivity contribution < 1.29 is 13.7 Å². The van der Waals surface area contributed by atoms with Gasteiger partial charge in [0.15, 0.2) is 11.6 Å². The van der Waals surface area contributed by atoms with Crippen LogP contribution in [0, 0.1) is 5.82 Å². The average molecular weight is 456 g/mol. The molecule has 166 valence electrons. The van der Waals surface area contributed by atoms with Crippen molar-refractivity contribution in [2.24, 2.45) is 0 Å². The van der Waals surface area contributed by atoms with Crippen LogP contribution in [0.2, 0.25) is 0 Å². The maximum Gasteiger partial charge on any atom is 0.228 e. The van der Waals surface area contributed by atoms with Crippen LogP contribution in [-0.4, -0.2) is 58.5 Å². The molecule has 0 amide bonds. The zero-order valence-corrected chi connectivity index (χ0v) is 18.1. The van der Waals surface area contributed by atoms with Gasteiger partial charge in [-0.2, -0.15) is 4.98 Å². The molecule has 3 aromatic rings. The molecule has 2 N–H and O–H groups in total. The van der Waals surface area contributed by atoms with Crippen LogP contribution in [0.4, 0.5) is 16.2 Å². The highest BCUT2D eigenvalue weighted by atomic mass is 32.2. The number of halogens is 1. The number of nitrogens with one attached hydrogen (secondary N) is 1. The Kier molecular flexibility index (Phi) is 4.51. The second-order valence-corrected chi connectivity index (χ2v) is 10.0. The summed E-state index contributed by atoms with van der Waals surface area (Å²) < 4.78 is 27.9. The number of aliphatic hydroxyl groups is 1. The molecule has 32 heavy (non-hydrogen) atoms. The third-order valence-electron chi connectivity index (χ3n) is 6.35. The lowest BCUT2D eigenvalue weighted by molar-refractivity contribution is 0.265. The summed E-state index contributed by atoms with van der Waals surface area (Å²) in [5, 5.41) is 21.8. The van der Waals surface area contributed by atoms with E-state index in [4.69, 9.17) is 9.97 Å². The third kappa shape index (κ3) is 3.27. The predicted octanol–water partition coefficient (Wildman–Crippen LogP) is 1.49. The molecular formula is C21H22FN7O2S. The maximum atomic E-state index is 13.3. The molecule has 11 heteroatoms. The van der Waals surface area contributed by atoms with Gasteiger partial charge >= 0.3 is 0 Å². The van der Waals surface area contributed by atoms with Crippen molar-refractivity contribution in [2.75, 3.05) is 29.1 Å². The fraction of sp³-hybridized carbons (Fsp3) is 0.429. The highest BCUT2D eigenvalue weighted by molar-refractivity contribution is 7.85. The summed E-state index contributed by atoms with van der Waals surface area (Å²) >= 11 is 0. The lowest BCUT2D eigenvalue weighted by Gasteiger charge is -2.29. The first kappa shape index (κ1) is 19.7. The highest BCUT2D eigenvalue weighted by Gasteiger charge is 2.44. The second kappa shape index (κ2) is 7.31. The van der Waals surface area contributed by atoms with E-state index < -0.39 is 10.8 Å². The first-order chi connectivity index (χ1) is 15.5. The van der Waals surface area contributed by atoms with Crippen LogP contribution >= 0.6 is 0 Å². The monoisotopic (exact) mass is 455 g/mol. The number of benzene rings is 1. The lowest BCUT2D eigenvalue weighted by atomic mass is 10.2. The minimum Gasteiger partial charge on any atom is -0.394 e. The minimum atomic E-state index is -1.13. The molecule has 3 aliphatic rings. The van der Waals surface area contributed by atoms with Crippen LogP contribution in [0.25, 0.3) is 11.4 Å². The zero-order chi connectivity index (χ0) is 21.9. The van der Waals surface area contributed by atoms with Crippen molar-refractivity contribution in [2.45, 2.75) is 42.8 Å². The molecule has 0 radical (unpaired) electrons. The van der Waals surface area contributed by atoms with Crippen LogP contribution in [-0.2, 0) is 30.3 Å². The van der Waals surface area contributed by atoms with Gasteiger partial charge in [-0.15, -0.1) is 10.2 Å². The van der Waals surface area contributed by atoms with Crippen LogP contribution < -0.4 is 10.2 Å². The number of aryl methyl sites for hydroxylation is 1. The van der Waals surface area contributed by atoms with Crippen molar-refractivity contribution in [1.29, 1.82) is 0 Å². The largest absolute Gasteiger partial charge is 0.394 e. The molecule has 2 aromatic heterocycles. The van der Waals surface area contributed by atoms with Gasteiger partial charge in [0.2, 0.25) is 5.95 Å². The van der Waals surface area contributed by atoms with Crippen molar-refractivity contribution in [3.8, 4) is 11.4 Å². The molecule has 0 spiro atoms. The van der Waals surface area contributed by atoms with Gasteiger partial charge in [0, 0.05) is 30.8 Å². The van der Waals surface area contributed by atoms with Crippen molar-refractivity contribution in [3.63, 3.8) is 0 Å². The Labute approximate surface area is 186 Å². The molecule has 1 aromatic carbocycles. The SMILES string of the molecule is O=S1CCc2nc(N3CCn4c(nnc4-c4ccc(F)cc4)C3)nc(NC3(CO)CC3)c21. The van der Waals surface area contributed by atoms with Gasteiger partial charge in [-0.25, -0.2) is 9.37 Å². The summed E-state index contributed by atoms with van der Waals surface area (Å²) in [5.74, 6) is 2.90. The predicted molar refractivity (Wildman–Crippen MR) is 116 cm³/mol. The average Bonchev–Trinajstić information content (AvgIpc) is 3.29. The summed E-state index contributed by atoms with van der Waals surface area (Å²) in [5.41, 5.74) is 1.27. The molecular weight excluding hydrogens is 433 g/mol. The summed E-state index contributed by atoms with van der Waals surface area (Å²) in [6.07, 6.45) is 2.38. The van der Waals surface area contributed by atoms with Gasteiger partial charge in [0.05, 0.1) is 35.2 Å². The molecule has 1 unspecified atom stereocenters. The summed E-state index contributed by atoms with van der Waals surface area (Å²) in [6.45, 7) is 1.81. The van der Waals surface area contributed by atoms with Crippen molar-refractivity contribution >= 4 is 22.6 Å². The molecule has 1 aliphatic carbocycles. The Balaban J connectivity index is 1.31. The van der Waals surface area contributed by atoms with E-state index in [1.54, 1.807) is 12.1 Å². The van der Waals surface area contributed by atoms with Crippen LogP contribution in [0.5, 0.6) is 0 Å². The molecule has 0 bridgehead atoms. The van der Waals surface area contributed by atoms with Gasteiger partial charge in [-0.05, 0) is 37.1 Å². The molecule has 1 atom stereocenters. The summed E-state index contributed by atoms with van der Waals surface area (Å²) in [6, 6.07) is 6.25. The smallest absolute Gasteiger partial charge is 0.228 e. The maximum absolute atomic E-state index is 13.3. The van der Waals surface area contributed by atoms with E-state index in [1.165, 1.54) is 12.1 Å². The standard InChI is InChI=1S/C21H22FN7O2S/c22-14-3-1-13(2-4-14)19-27-26-16-11-28(8-9-29(16)19)20-23-15-5-10-32(31)17(15)18(24-20)25-21(12-30)6-7-21/h1-4,30H,5-12H2,(H,23,24,25). The fourth-order valence-corrected chi connectivity index (χ4v) is 5.58. The normalized spacial score (nSPS) is 20.7. The molecule has 9 nitrogen and oxygen atoms in total. The molecule has 6 rings (SSSR count). The number of fused-ring (bicyclic) bond motifs is 2. The first-order valence-corrected chi connectivity index (χ1v) is 12.0. The number of aromatic nitrogens is 5. The molecule has 2 aliphatic heterocycles. The first-order valence-electron chi connectivity index (χ1n) is 10.7. The second-order valence-electron chi connectivity index (χ2n) is 8.53. The van der Waals surface area contributed by atoms with Gasteiger partial charge < -0.3 is 19.9 Å². The third-order valence-corrected chi connectivity index (χ3v) is 7.81. The van der Waals surface area contributed by atoms with Crippen LogP contribution in [0.1, 0.15) is 24.4 Å². The van der Waals surface area contributed by atoms with Crippen LogP contribution in [0.15, 0.2) is 29.2 Å². The Hall–Kier alpha value is -2.92. The van der Waals surface area contributed by atoms with Crippen molar-refractivity contribution in [3.05, 3.63) is 41.6 Å². The highest BCUT2D eigenvalue weighted by Crippen LogP contribution is 2.41. The molecule has 1 saturated carbocycles. The topological polar surface area (TPSA) is 109 Å². The Morgan fingerprint density at radius 1 is 1.16 bits per heavy atom. The van der Waals surface area contributed by atoms with E-state index in [1.807, 2.05) is 9.47 Å². The van der Waals surface area contributed by atoms with E-state index in [0.29, 0.717) is 54.3 Å². The number of nitrogens with zero attached hydrogens (tertiary/aromatic N) is 6. The van der Waals surface area contributed by atoms with E-state index in [-0.39, 0.29) is 18.0 Å². The Morgan fingerprint density at radius 2 is 1.97 bits per heavy atom. The van der Waals surface area contributed by atoms with E-state index >= 15 is 0 Å². The number of rotatable bonds is 5. The Morgan fingerprint density at radius 3 is 2.72 bits per heavy atom. The lowest BCUT2D eigenvalue weighted by Crippen LogP contribution is -2.36. The van der Waals surface area contributed by atoms with E-state index in [2.05, 4.69) is 15.5 Å². The Bertz CT molecular complexity index is 1230. The molecule has 0 saturated heterocycles. The zero-order valence-electron chi connectivity index (χ0n) is 17.3. The van der Waals surface area contributed by atoms with Gasteiger partial charge in [0.25, 0.3) is 0 Å². The number of aliphatic hydroxyl groups excluding tert-OH is 1. The van der Waals surface area contributed by atoms with Gasteiger partial charge in [-0.3, -0.25) is 4.21 Å². The van der Waals surface area contributed by atoms with Gasteiger partial charge in [0.1, 0.15) is 16.5 Å². The number of anilines is 2. The van der Waals surface area contributed by atoms with Crippen molar-refractivity contribution in [1.82, 2.24) is 24.7 Å². The quantitative estimate of drug-likeness (QED) is 0.596. The van der Waals surface area contributed by atoms with Gasteiger partial charge in [-0.1, -0.05) is 0 Å². The van der Waals surface area contributed by atoms with E-state index in [9.17, 15) is 13.7 Å². The van der Waals surface area contributed by atoms with Crippen LogP contribution in [0.3, 0.4) is 0 Å². The summed E-state index contributed by atoms with van der Waals surface area (Å²) in [4.78, 5) is 12.2. The minimum absolute atomic E-state index is 0.0206. The number of hydrogen-bond donors (Lipinski definition) is 2. The fourth-order valence-electron chi connectivity index (χ4n) is 4.28.